The van der Waals surface area contributed by atoms with Crippen LogP contribution in [0.1, 0.15) is 41.5 Å². The normalized spacial score (nSPS) is 12.0. The minimum absolute atomic E-state index is 0.195. The molecule has 0 saturated carbocycles. The first-order valence-electron chi connectivity index (χ1n) is 7.71. The first-order valence-corrected chi connectivity index (χ1v) is 7.71. The number of hydrogen-bond acceptors (Lipinski definition) is 4. The number of benzene rings is 1. The Hall–Kier alpha value is -2.82. The molecule has 1 aromatic heterocycles. The van der Waals surface area contributed by atoms with Crippen molar-refractivity contribution < 1.29 is 14.3 Å². The maximum atomic E-state index is 12.6. The van der Waals surface area contributed by atoms with E-state index in [1.54, 1.807) is 32.5 Å². The van der Waals surface area contributed by atoms with E-state index < -0.39 is 0 Å². The van der Waals surface area contributed by atoms with Crippen LogP contribution in [0.25, 0.3) is 6.08 Å². The van der Waals surface area contributed by atoms with Gasteiger partial charge < -0.3 is 14.8 Å². The summed E-state index contributed by atoms with van der Waals surface area (Å²) >= 11 is 0. The second-order valence-electron chi connectivity index (χ2n) is 5.25. The van der Waals surface area contributed by atoms with E-state index in [4.69, 9.17) is 9.47 Å². The van der Waals surface area contributed by atoms with Crippen LogP contribution in [0.15, 0.2) is 42.6 Å². The molecule has 5 nitrogen and oxygen atoms in total. The SMILES string of the molecule is C/C=C/c1cc(C(=O)NC(C)c2ccccn2)cc(OC)c1OC. The van der Waals surface area contributed by atoms with E-state index in [0.29, 0.717) is 17.1 Å². The van der Waals surface area contributed by atoms with E-state index in [1.165, 1.54) is 0 Å². The minimum atomic E-state index is -0.197. The number of methoxy groups -OCH3 is 2. The topological polar surface area (TPSA) is 60.5 Å². The summed E-state index contributed by atoms with van der Waals surface area (Å²) in [4.78, 5) is 16.9. The van der Waals surface area contributed by atoms with Gasteiger partial charge >= 0.3 is 0 Å². The molecule has 1 N–H and O–H groups in total. The van der Waals surface area contributed by atoms with Crippen LogP contribution in [0.5, 0.6) is 11.5 Å². The fourth-order valence-electron chi connectivity index (χ4n) is 2.41. The highest BCUT2D eigenvalue weighted by Crippen LogP contribution is 2.33. The average molecular weight is 326 g/mol. The lowest BCUT2D eigenvalue weighted by molar-refractivity contribution is 0.0938. The van der Waals surface area contributed by atoms with Crippen molar-refractivity contribution in [1.82, 2.24) is 10.3 Å². The number of carbonyl (C=O) groups excluding carboxylic acids is 1. The zero-order valence-corrected chi connectivity index (χ0v) is 14.4. The van der Waals surface area contributed by atoms with Gasteiger partial charge in [0.1, 0.15) is 0 Å². The molecule has 5 heteroatoms. The number of nitrogens with one attached hydrogen (secondary N) is 1. The van der Waals surface area contributed by atoms with Gasteiger partial charge in [-0.15, -0.1) is 0 Å². The molecular weight excluding hydrogens is 304 g/mol. The van der Waals surface area contributed by atoms with Crippen LogP contribution in [0, 0.1) is 0 Å². The molecule has 0 spiro atoms. The molecule has 1 atom stereocenters. The molecule has 1 amide bonds. The largest absolute Gasteiger partial charge is 0.493 e. The molecular formula is C19H22N2O3. The molecule has 0 aliphatic heterocycles. The predicted octanol–water partition coefficient (Wildman–Crippen LogP) is 3.62. The second-order valence-corrected chi connectivity index (χ2v) is 5.25. The van der Waals surface area contributed by atoms with Gasteiger partial charge in [0.05, 0.1) is 26.0 Å². The summed E-state index contributed by atoms with van der Waals surface area (Å²) in [6, 6.07) is 8.87. The summed E-state index contributed by atoms with van der Waals surface area (Å²) in [6.45, 7) is 3.80. The smallest absolute Gasteiger partial charge is 0.251 e. The monoisotopic (exact) mass is 326 g/mol. The van der Waals surface area contributed by atoms with Crippen LogP contribution in [0.3, 0.4) is 0 Å². The molecule has 0 bridgehead atoms. The van der Waals surface area contributed by atoms with Crippen molar-refractivity contribution in [2.24, 2.45) is 0 Å². The molecule has 1 unspecified atom stereocenters. The van der Waals surface area contributed by atoms with E-state index in [2.05, 4.69) is 10.3 Å². The summed E-state index contributed by atoms with van der Waals surface area (Å²) in [5.41, 5.74) is 2.10. The van der Waals surface area contributed by atoms with Crippen LogP contribution in [0.2, 0.25) is 0 Å². The number of rotatable bonds is 6. The predicted molar refractivity (Wildman–Crippen MR) is 94.4 cm³/mol. The third-order valence-electron chi connectivity index (χ3n) is 3.60. The van der Waals surface area contributed by atoms with E-state index in [9.17, 15) is 4.79 Å². The highest BCUT2D eigenvalue weighted by molar-refractivity contribution is 5.96. The lowest BCUT2D eigenvalue weighted by atomic mass is 10.1. The fourth-order valence-corrected chi connectivity index (χ4v) is 2.41. The Balaban J connectivity index is 2.30. The standard InChI is InChI=1S/C19H22N2O3/c1-5-8-14-11-15(12-17(23-3)18(14)24-4)19(22)21-13(2)16-9-6-7-10-20-16/h5-13H,1-4H3,(H,21,22)/b8-5+. The van der Waals surface area contributed by atoms with Crippen LogP contribution < -0.4 is 14.8 Å². The summed E-state index contributed by atoms with van der Waals surface area (Å²) < 4.78 is 10.7. The summed E-state index contributed by atoms with van der Waals surface area (Å²) in [7, 11) is 3.13. The molecule has 0 radical (unpaired) electrons. The number of nitrogens with zero attached hydrogens (tertiary/aromatic N) is 1. The Kier molecular flexibility index (Phi) is 5.95. The van der Waals surface area contributed by atoms with E-state index in [0.717, 1.165) is 11.3 Å². The molecule has 1 aromatic carbocycles. The molecule has 0 aliphatic rings. The van der Waals surface area contributed by atoms with Gasteiger partial charge in [-0.1, -0.05) is 18.2 Å². The van der Waals surface area contributed by atoms with Gasteiger partial charge in [-0.05, 0) is 38.1 Å². The van der Waals surface area contributed by atoms with Gasteiger partial charge in [0.2, 0.25) is 0 Å². The third-order valence-corrected chi connectivity index (χ3v) is 3.60. The number of amides is 1. The summed E-state index contributed by atoms with van der Waals surface area (Å²) in [5.74, 6) is 0.925. The summed E-state index contributed by atoms with van der Waals surface area (Å²) in [5, 5.41) is 2.95. The van der Waals surface area contributed by atoms with E-state index in [-0.39, 0.29) is 11.9 Å². The second kappa shape index (κ2) is 8.15. The zero-order chi connectivity index (χ0) is 17.5. The Bertz CT molecular complexity index is 727. The van der Waals surface area contributed by atoms with Crippen molar-refractivity contribution in [3.63, 3.8) is 0 Å². The van der Waals surface area contributed by atoms with Crippen molar-refractivity contribution in [3.8, 4) is 11.5 Å². The van der Waals surface area contributed by atoms with Crippen LogP contribution in [0.4, 0.5) is 0 Å². The highest BCUT2D eigenvalue weighted by atomic mass is 16.5. The van der Waals surface area contributed by atoms with Gasteiger partial charge in [-0.2, -0.15) is 0 Å². The molecule has 1 heterocycles. The number of hydrogen-bond donors (Lipinski definition) is 1. The summed E-state index contributed by atoms with van der Waals surface area (Å²) in [6.07, 6.45) is 5.47. The Morgan fingerprint density at radius 2 is 2.04 bits per heavy atom. The van der Waals surface area contributed by atoms with Crippen LogP contribution in [-0.2, 0) is 0 Å². The zero-order valence-electron chi connectivity index (χ0n) is 14.4. The maximum absolute atomic E-state index is 12.6. The van der Waals surface area contributed by atoms with E-state index >= 15 is 0 Å². The quantitative estimate of drug-likeness (QED) is 0.881. The molecule has 126 valence electrons. The Morgan fingerprint density at radius 1 is 1.25 bits per heavy atom. The van der Waals surface area contributed by atoms with Gasteiger partial charge in [0.25, 0.3) is 5.91 Å². The fraction of sp³-hybridized carbons (Fsp3) is 0.263. The highest BCUT2D eigenvalue weighted by Gasteiger charge is 2.17. The molecule has 0 saturated heterocycles. The molecule has 24 heavy (non-hydrogen) atoms. The molecule has 0 aliphatic carbocycles. The number of aromatic nitrogens is 1. The van der Waals surface area contributed by atoms with Crippen molar-refractivity contribution >= 4 is 12.0 Å². The van der Waals surface area contributed by atoms with Crippen molar-refractivity contribution in [2.75, 3.05) is 14.2 Å². The van der Waals surface area contributed by atoms with Crippen LogP contribution in [-0.4, -0.2) is 25.1 Å². The number of allylic oxidation sites excluding steroid dienone is 1. The number of carbonyl (C=O) groups is 1. The van der Waals surface area contributed by atoms with E-state index in [1.807, 2.05) is 44.2 Å². The number of ether oxygens (including phenoxy) is 2. The molecule has 2 aromatic rings. The van der Waals surface area contributed by atoms with Crippen molar-refractivity contribution in [3.05, 3.63) is 59.4 Å². The lowest BCUT2D eigenvalue weighted by Gasteiger charge is -2.16. The Labute approximate surface area is 142 Å². The lowest BCUT2D eigenvalue weighted by Crippen LogP contribution is -2.27. The number of pyridine rings is 1. The third kappa shape index (κ3) is 3.93. The molecule has 0 fully saturated rings. The van der Waals surface area contributed by atoms with Crippen LogP contribution >= 0.6 is 0 Å². The van der Waals surface area contributed by atoms with Gasteiger partial charge in [0, 0.05) is 17.3 Å². The van der Waals surface area contributed by atoms with Crippen molar-refractivity contribution in [2.45, 2.75) is 19.9 Å². The minimum Gasteiger partial charge on any atom is -0.493 e. The molecule has 2 rings (SSSR count). The average Bonchev–Trinajstić information content (AvgIpc) is 2.61. The first-order chi connectivity index (χ1) is 11.6. The first kappa shape index (κ1) is 17.5. The maximum Gasteiger partial charge on any atom is 0.251 e. The van der Waals surface area contributed by atoms with Gasteiger partial charge in [-0.3, -0.25) is 9.78 Å². The van der Waals surface area contributed by atoms with Crippen molar-refractivity contribution in [1.29, 1.82) is 0 Å². The van der Waals surface area contributed by atoms with Gasteiger partial charge in [-0.25, -0.2) is 0 Å². The van der Waals surface area contributed by atoms with Gasteiger partial charge in [0.15, 0.2) is 11.5 Å². The Morgan fingerprint density at radius 3 is 2.62 bits per heavy atom.